The number of carbonyl (C=O) groups is 2. The van der Waals surface area contributed by atoms with Crippen LogP contribution in [0.1, 0.15) is 15.9 Å². The first-order chi connectivity index (χ1) is 11.5. The monoisotopic (exact) mass is 391 g/mol. The molecule has 5 nitrogen and oxygen atoms in total. The minimum Gasteiger partial charge on any atom is -0.497 e. The van der Waals surface area contributed by atoms with Crippen molar-refractivity contribution in [3.05, 3.63) is 64.1 Å². The first-order valence-electron chi connectivity index (χ1n) is 7.30. The van der Waals surface area contributed by atoms with Crippen molar-refractivity contribution in [3.63, 3.8) is 0 Å². The van der Waals surface area contributed by atoms with Gasteiger partial charge in [-0.15, -0.1) is 0 Å². The van der Waals surface area contributed by atoms with Gasteiger partial charge in [-0.3, -0.25) is 4.79 Å². The topological polar surface area (TPSA) is 64.6 Å². The molecule has 0 fully saturated rings. The molecule has 24 heavy (non-hydrogen) atoms. The second-order valence-corrected chi connectivity index (χ2v) is 6.03. The first kappa shape index (κ1) is 18.0. The molecule has 0 aliphatic rings. The molecular formula is C18H18BrNO4. The Kier molecular flexibility index (Phi) is 6.37. The molecule has 126 valence electrons. The molecule has 0 bridgehead atoms. The zero-order valence-corrected chi connectivity index (χ0v) is 15.0. The normalized spacial score (nSPS) is 11.5. The molecule has 0 aromatic heterocycles. The summed E-state index contributed by atoms with van der Waals surface area (Å²) in [5, 5.41) is 2.72. The summed E-state index contributed by atoms with van der Waals surface area (Å²) in [4.78, 5) is 24.4. The zero-order valence-electron chi connectivity index (χ0n) is 13.4. The quantitative estimate of drug-likeness (QED) is 0.768. The number of ether oxygens (including phenoxy) is 2. The van der Waals surface area contributed by atoms with Gasteiger partial charge in [-0.2, -0.15) is 0 Å². The van der Waals surface area contributed by atoms with E-state index in [1.54, 1.807) is 37.4 Å². The van der Waals surface area contributed by atoms with E-state index in [0.29, 0.717) is 12.0 Å². The van der Waals surface area contributed by atoms with Crippen molar-refractivity contribution in [1.82, 2.24) is 5.32 Å². The first-order valence-corrected chi connectivity index (χ1v) is 8.10. The van der Waals surface area contributed by atoms with Crippen LogP contribution in [-0.2, 0) is 16.0 Å². The highest BCUT2D eigenvalue weighted by atomic mass is 79.9. The molecule has 1 atom stereocenters. The number of hydrogen-bond donors (Lipinski definition) is 1. The van der Waals surface area contributed by atoms with Crippen LogP contribution >= 0.6 is 15.9 Å². The van der Waals surface area contributed by atoms with Crippen molar-refractivity contribution >= 4 is 27.8 Å². The molecule has 0 aliphatic carbocycles. The average molecular weight is 392 g/mol. The van der Waals surface area contributed by atoms with Gasteiger partial charge in [-0.05, 0) is 35.9 Å². The molecule has 2 aromatic carbocycles. The van der Waals surface area contributed by atoms with Crippen molar-refractivity contribution in [1.29, 1.82) is 0 Å². The number of methoxy groups -OCH3 is 2. The molecule has 0 spiro atoms. The minimum absolute atomic E-state index is 0.330. The average Bonchev–Trinajstić information content (AvgIpc) is 2.61. The Labute approximate surface area is 149 Å². The van der Waals surface area contributed by atoms with Crippen LogP contribution in [0, 0.1) is 0 Å². The van der Waals surface area contributed by atoms with Crippen molar-refractivity contribution < 1.29 is 19.1 Å². The van der Waals surface area contributed by atoms with Crippen LogP contribution in [0.25, 0.3) is 0 Å². The van der Waals surface area contributed by atoms with Gasteiger partial charge in [0.2, 0.25) is 0 Å². The highest BCUT2D eigenvalue weighted by Gasteiger charge is 2.22. The Hall–Kier alpha value is -2.34. The van der Waals surface area contributed by atoms with Crippen LogP contribution in [0.2, 0.25) is 0 Å². The van der Waals surface area contributed by atoms with E-state index in [1.165, 1.54) is 7.11 Å². The summed E-state index contributed by atoms with van der Waals surface area (Å²) in [5.74, 6) is -0.0964. The van der Waals surface area contributed by atoms with Crippen LogP contribution in [0.5, 0.6) is 5.75 Å². The number of esters is 1. The predicted molar refractivity (Wildman–Crippen MR) is 94.1 cm³/mol. The largest absolute Gasteiger partial charge is 0.497 e. The molecule has 2 aromatic rings. The van der Waals surface area contributed by atoms with Crippen molar-refractivity contribution in [2.45, 2.75) is 12.5 Å². The Bertz CT molecular complexity index is 715. The van der Waals surface area contributed by atoms with Gasteiger partial charge in [0.1, 0.15) is 11.8 Å². The van der Waals surface area contributed by atoms with Crippen LogP contribution in [0.4, 0.5) is 0 Å². The molecule has 0 heterocycles. The third-order valence-corrected chi connectivity index (χ3v) is 3.97. The van der Waals surface area contributed by atoms with E-state index in [1.807, 2.05) is 18.2 Å². The molecule has 1 N–H and O–H groups in total. The van der Waals surface area contributed by atoms with E-state index in [0.717, 1.165) is 15.8 Å². The Morgan fingerprint density at radius 3 is 2.42 bits per heavy atom. The summed E-state index contributed by atoms with van der Waals surface area (Å²) in [7, 11) is 2.89. The summed E-state index contributed by atoms with van der Waals surface area (Å²) in [6, 6.07) is 13.5. The van der Waals surface area contributed by atoms with Gasteiger partial charge >= 0.3 is 5.97 Å². The lowest BCUT2D eigenvalue weighted by Crippen LogP contribution is -2.43. The van der Waals surface area contributed by atoms with E-state index in [9.17, 15) is 9.59 Å². The second kappa shape index (κ2) is 8.49. The molecule has 1 amide bonds. The number of amides is 1. The number of benzene rings is 2. The van der Waals surface area contributed by atoms with Gasteiger partial charge in [-0.1, -0.05) is 34.1 Å². The smallest absolute Gasteiger partial charge is 0.328 e. The molecule has 0 radical (unpaired) electrons. The summed E-state index contributed by atoms with van der Waals surface area (Å²) < 4.78 is 10.7. The fourth-order valence-electron chi connectivity index (χ4n) is 2.20. The molecule has 2 rings (SSSR count). The van der Waals surface area contributed by atoms with E-state index < -0.39 is 12.0 Å². The third kappa shape index (κ3) is 4.83. The predicted octanol–water partition coefficient (Wildman–Crippen LogP) is 2.97. The Morgan fingerprint density at radius 2 is 1.83 bits per heavy atom. The Morgan fingerprint density at radius 1 is 1.12 bits per heavy atom. The number of rotatable bonds is 6. The number of carbonyl (C=O) groups excluding carboxylic acids is 2. The van der Waals surface area contributed by atoms with Crippen LogP contribution in [0.3, 0.4) is 0 Å². The standard InChI is InChI=1S/C18H18BrNO4/c1-23-15-8-6-12(7-9-15)10-16(18(22)24-2)20-17(21)13-4-3-5-14(19)11-13/h3-9,11,16H,10H2,1-2H3,(H,20,21)/t16-/m1/s1. The van der Waals surface area contributed by atoms with Gasteiger partial charge in [-0.25, -0.2) is 4.79 Å². The molecule has 0 unspecified atom stereocenters. The van der Waals surface area contributed by atoms with Crippen molar-refractivity contribution in [2.75, 3.05) is 14.2 Å². The lowest BCUT2D eigenvalue weighted by molar-refractivity contribution is -0.142. The highest BCUT2D eigenvalue weighted by molar-refractivity contribution is 9.10. The summed E-state index contributed by atoms with van der Waals surface area (Å²) in [6.07, 6.45) is 0.330. The van der Waals surface area contributed by atoms with Gasteiger partial charge in [0.15, 0.2) is 0 Å². The molecule has 0 saturated carbocycles. The maximum atomic E-state index is 12.4. The van der Waals surface area contributed by atoms with Crippen LogP contribution < -0.4 is 10.1 Å². The SMILES string of the molecule is COC(=O)[C@@H](Cc1ccc(OC)cc1)NC(=O)c1cccc(Br)c1. The lowest BCUT2D eigenvalue weighted by atomic mass is 10.1. The maximum Gasteiger partial charge on any atom is 0.328 e. The fourth-order valence-corrected chi connectivity index (χ4v) is 2.60. The van der Waals surface area contributed by atoms with Crippen LogP contribution in [-0.4, -0.2) is 32.1 Å². The zero-order chi connectivity index (χ0) is 17.5. The summed E-state index contributed by atoms with van der Waals surface area (Å²) >= 11 is 3.32. The third-order valence-electron chi connectivity index (χ3n) is 3.48. The molecule has 6 heteroatoms. The van der Waals surface area contributed by atoms with E-state index >= 15 is 0 Å². The molecule has 0 aliphatic heterocycles. The van der Waals surface area contributed by atoms with Gasteiger partial charge in [0.25, 0.3) is 5.91 Å². The maximum absolute atomic E-state index is 12.4. The van der Waals surface area contributed by atoms with E-state index in [4.69, 9.17) is 9.47 Å². The summed E-state index contributed by atoms with van der Waals surface area (Å²) in [5.41, 5.74) is 1.36. The summed E-state index contributed by atoms with van der Waals surface area (Å²) in [6.45, 7) is 0. The van der Waals surface area contributed by atoms with E-state index in [-0.39, 0.29) is 5.91 Å². The Balaban J connectivity index is 2.12. The van der Waals surface area contributed by atoms with Gasteiger partial charge in [0, 0.05) is 16.5 Å². The number of halogens is 1. The second-order valence-electron chi connectivity index (χ2n) is 5.11. The van der Waals surface area contributed by atoms with E-state index in [2.05, 4.69) is 21.2 Å². The fraction of sp³-hybridized carbons (Fsp3) is 0.222. The highest BCUT2D eigenvalue weighted by Crippen LogP contribution is 2.14. The molecular weight excluding hydrogens is 374 g/mol. The van der Waals surface area contributed by atoms with Crippen molar-refractivity contribution in [2.24, 2.45) is 0 Å². The van der Waals surface area contributed by atoms with Crippen molar-refractivity contribution in [3.8, 4) is 5.75 Å². The molecule has 0 saturated heterocycles. The lowest BCUT2D eigenvalue weighted by Gasteiger charge is -2.17. The van der Waals surface area contributed by atoms with Crippen LogP contribution in [0.15, 0.2) is 53.0 Å². The minimum atomic E-state index is -0.769. The number of nitrogens with one attached hydrogen (secondary N) is 1. The van der Waals surface area contributed by atoms with Gasteiger partial charge < -0.3 is 14.8 Å². The number of hydrogen-bond acceptors (Lipinski definition) is 4. The van der Waals surface area contributed by atoms with Gasteiger partial charge in [0.05, 0.1) is 14.2 Å².